The summed E-state index contributed by atoms with van der Waals surface area (Å²) in [5.74, 6) is -1.78. The number of hydrogen-bond acceptors (Lipinski definition) is 22. The summed E-state index contributed by atoms with van der Waals surface area (Å²) in [7, 11) is 0. The molecule has 4 heterocycles. The van der Waals surface area contributed by atoms with Gasteiger partial charge in [-0.1, -0.05) is 44.9 Å². The third kappa shape index (κ3) is 24.4. The molecule has 0 saturated carbocycles. The van der Waals surface area contributed by atoms with Crippen molar-refractivity contribution in [1.82, 2.24) is 25.5 Å². The van der Waals surface area contributed by atoms with E-state index in [0.29, 0.717) is 198 Å². The number of esters is 1. The zero-order valence-electron chi connectivity index (χ0n) is 54.6. The summed E-state index contributed by atoms with van der Waals surface area (Å²) in [6.45, 7) is 15.6. The second-order valence-corrected chi connectivity index (χ2v) is 22.3. The molecule has 3 atom stereocenters. The van der Waals surface area contributed by atoms with Gasteiger partial charge in [0.25, 0.3) is 5.56 Å². The van der Waals surface area contributed by atoms with E-state index >= 15 is 0 Å². The summed E-state index contributed by atoms with van der Waals surface area (Å²) >= 11 is 0. The Balaban J connectivity index is 0.786. The average molecular weight is 1320 g/mol. The second kappa shape index (κ2) is 42.1. The maximum Gasteiger partial charge on any atom is 0.407 e. The number of alkyl carbamates (subject to hydrolysis) is 1. The number of amides is 4. The first kappa shape index (κ1) is 75.6. The van der Waals surface area contributed by atoms with Crippen molar-refractivity contribution in [3.63, 3.8) is 0 Å². The SMILES string of the molecule is CCc1c2c(nc3ccc(OCCCNC(=O)OCc4ccc(NC(=O)[C@H](CCCCN)NC(=O)[C@@H](NC(=O)CCOCCOCCOCCOCCOCCOCCOCCOCCOCCN=[N+]=[N-])C(C)C)cc4)cc13)-c1cc3c(c(=O)n1C2)COC(=O)[C@]3(O)CC. The molecule has 0 aliphatic carbocycles. The van der Waals surface area contributed by atoms with Crippen LogP contribution in [0.25, 0.3) is 32.7 Å². The van der Waals surface area contributed by atoms with Crippen LogP contribution in [0, 0.1) is 5.92 Å². The lowest BCUT2D eigenvalue weighted by Gasteiger charge is -2.31. The zero-order valence-corrected chi connectivity index (χ0v) is 54.6. The van der Waals surface area contributed by atoms with Gasteiger partial charge in [0.05, 0.1) is 155 Å². The number of ether oxygens (including phenoxy) is 12. The molecule has 0 spiro atoms. The molecule has 29 nitrogen and oxygen atoms in total. The number of nitrogens with zero attached hydrogens (tertiary/aromatic N) is 5. The second-order valence-electron chi connectivity index (χ2n) is 22.3. The topological polar surface area (TPSA) is 374 Å². The lowest BCUT2D eigenvalue weighted by molar-refractivity contribution is -0.172. The fourth-order valence-electron chi connectivity index (χ4n) is 10.2. The summed E-state index contributed by atoms with van der Waals surface area (Å²) < 4.78 is 67.6. The minimum absolute atomic E-state index is 0.00997. The summed E-state index contributed by atoms with van der Waals surface area (Å²) in [6, 6.07) is 12.2. The van der Waals surface area contributed by atoms with Gasteiger partial charge >= 0.3 is 12.1 Å². The number of rotatable bonds is 49. The number of cyclic esters (lactones) is 1. The first-order valence-electron chi connectivity index (χ1n) is 32.3. The lowest BCUT2D eigenvalue weighted by Crippen LogP contribution is -2.54. The van der Waals surface area contributed by atoms with Gasteiger partial charge in [0.1, 0.15) is 31.0 Å². The van der Waals surface area contributed by atoms with Crippen LogP contribution in [0.4, 0.5) is 10.5 Å². The Labute approximate surface area is 547 Å². The highest BCUT2D eigenvalue weighted by molar-refractivity contribution is 5.98. The number of hydrogen-bond donors (Lipinski definition) is 6. The number of unbranched alkanes of at least 4 members (excludes halogenated alkanes) is 1. The van der Waals surface area contributed by atoms with Crippen molar-refractivity contribution in [3.05, 3.63) is 97.1 Å². The molecule has 2 aromatic carbocycles. The number of aromatic nitrogens is 2. The first-order chi connectivity index (χ1) is 45.7. The van der Waals surface area contributed by atoms with Crippen LogP contribution in [0.3, 0.4) is 0 Å². The Morgan fingerprint density at radius 2 is 1.34 bits per heavy atom. The van der Waals surface area contributed by atoms with E-state index in [2.05, 4.69) is 31.3 Å². The number of benzene rings is 2. The summed E-state index contributed by atoms with van der Waals surface area (Å²) in [5.41, 5.74) is 17.2. The monoisotopic (exact) mass is 1320 g/mol. The number of nitrogens with two attached hydrogens (primary N) is 1. The Kier molecular flexibility index (Phi) is 33.9. The van der Waals surface area contributed by atoms with Gasteiger partial charge < -0.3 is 93.5 Å². The number of anilines is 1. The summed E-state index contributed by atoms with van der Waals surface area (Å²) in [5, 5.41) is 26.8. The van der Waals surface area contributed by atoms with E-state index in [1.165, 1.54) is 0 Å². The van der Waals surface area contributed by atoms with Crippen molar-refractivity contribution >= 4 is 46.4 Å². The molecule has 0 unspecified atom stereocenters. The number of aliphatic hydroxyl groups is 1. The van der Waals surface area contributed by atoms with Gasteiger partial charge in [-0.05, 0) is 104 Å². The Morgan fingerprint density at radius 3 is 1.90 bits per heavy atom. The third-order valence-electron chi connectivity index (χ3n) is 15.3. The van der Waals surface area contributed by atoms with Gasteiger partial charge in [-0.15, -0.1) is 0 Å². The molecule has 0 fully saturated rings. The van der Waals surface area contributed by atoms with E-state index in [1.54, 1.807) is 55.7 Å². The van der Waals surface area contributed by atoms with Crippen LogP contribution in [-0.2, 0) is 103 Å². The molecular weight excluding hydrogens is 1220 g/mol. The van der Waals surface area contributed by atoms with Gasteiger partial charge in [-0.2, -0.15) is 0 Å². The van der Waals surface area contributed by atoms with E-state index in [4.69, 9.17) is 73.1 Å². The van der Waals surface area contributed by atoms with Crippen molar-refractivity contribution in [2.45, 2.75) is 110 Å². The molecule has 2 aliphatic heterocycles. The number of carbonyl (C=O) groups is 5. The van der Waals surface area contributed by atoms with E-state index in [9.17, 15) is 33.9 Å². The summed E-state index contributed by atoms with van der Waals surface area (Å²) in [4.78, 5) is 86.9. The zero-order chi connectivity index (χ0) is 67.3. The van der Waals surface area contributed by atoms with E-state index in [-0.39, 0.29) is 74.3 Å². The normalized spacial score (nSPS) is 14.5. The molecule has 94 heavy (non-hydrogen) atoms. The molecule has 518 valence electrons. The van der Waals surface area contributed by atoms with Gasteiger partial charge in [0, 0.05) is 46.6 Å². The van der Waals surface area contributed by atoms with Crippen molar-refractivity contribution in [3.8, 4) is 17.1 Å². The molecule has 6 rings (SSSR count). The molecule has 0 saturated heterocycles. The van der Waals surface area contributed by atoms with Gasteiger partial charge in [-0.3, -0.25) is 19.2 Å². The molecule has 29 heteroatoms. The smallest absolute Gasteiger partial charge is 0.407 e. The van der Waals surface area contributed by atoms with Crippen molar-refractivity contribution in [2.75, 3.05) is 150 Å². The van der Waals surface area contributed by atoms with Crippen molar-refractivity contribution in [1.29, 1.82) is 0 Å². The molecule has 4 amide bonds. The van der Waals surface area contributed by atoms with E-state index in [0.717, 1.165) is 16.5 Å². The Hall–Kier alpha value is -7.38. The highest BCUT2D eigenvalue weighted by atomic mass is 16.6. The fraction of sp³-hybridized carbons (Fsp3) is 0.615. The Bertz CT molecular complexity index is 3130. The lowest BCUT2D eigenvalue weighted by atomic mass is 9.86. The number of nitrogens with one attached hydrogen (secondary N) is 4. The third-order valence-corrected chi connectivity index (χ3v) is 15.3. The average Bonchev–Trinajstić information content (AvgIpc) is 1.71. The predicted molar refractivity (Wildman–Crippen MR) is 345 cm³/mol. The fourth-order valence-corrected chi connectivity index (χ4v) is 10.2. The highest BCUT2D eigenvalue weighted by Crippen LogP contribution is 2.41. The maximum absolute atomic E-state index is 13.7. The molecule has 2 aliphatic rings. The van der Waals surface area contributed by atoms with Crippen LogP contribution in [-0.4, -0.2) is 202 Å². The largest absolute Gasteiger partial charge is 0.494 e. The minimum Gasteiger partial charge on any atom is -0.494 e. The number of carbonyl (C=O) groups excluding carboxylic acids is 5. The van der Waals surface area contributed by atoms with Crippen LogP contribution < -0.4 is 37.3 Å². The highest BCUT2D eigenvalue weighted by Gasteiger charge is 2.45. The van der Waals surface area contributed by atoms with Crippen molar-refractivity contribution in [2.24, 2.45) is 16.8 Å². The number of aryl methyl sites for hydroxylation is 1. The molecule has 7 N–H and O–H groups in total. The standard InChI is InChI=1S/C65H94N10O19/c1-5-49-50-40-48(15-16-54(50)71-59-51(49)42-75-56(59)41-53-52(62(75)79)44-93-63(80)65(53,82)6-2)92-21-9-19-68-64(81)94-43-46-11-13-47(14-12-46)70-60(77)55(10-7-8-18-66)72-61(78)58(45(3)4)73-57(76)17-22-83-24-26-85-28-30-87-32-34-89-36-38-91-39-37-90-35-33-88-31-29-86-27-25-84-23-20-69-74-67/h11-16,40-41,45,55,58,82H,5-10,17-39,42-44,66H2,1-4H3,(H,68,81)(H,70,77)(H,72,78)(H,73,76)/t55-,58-,65-/m0/s1. The summed E-state index contributed by atoms with van der Waals surface area (Å²) in [6.07, 6.45) is 2.11. The van der Waals surface area contributed by atoms with Crippen LogP contribution in [0.2, 0.25) is 0 Å². The van der Waals surface area contributed by atoms with Crippen molar-refractivity contribution < 1.29 is 85.9 Å². The molecule has 0 bridgehead atoms. The first-order valence-corrected chi connectivity index (χ1v) is 32.3. The molecule has 2 aromatic heterocycles. The molecule has 4 aromatic rings. The van der Waals surface area contributed by atoms with Crippen LogP contribution in [0.15, 0.2) is 58.4 Å². The predicted octanol–water partition coefficient (Wildman–Crippen LogP) is 4.88. The van der Waals surface area contributed by atoms with Crippen LogP contribution in [0.1, 0.15) is 94.0 Å². The van der Waals surface area contributed by atoms with Gasteiger partial charge in [0.2, 0.25) is 17.7 Å². The minimum atomic E-state index is -1.91. The van der Waals surface area contributed by atoms with E-state index in [1.807, 2.05) is 25.1 Å². The number of fused-ring (bicyclic) bond motifs is 5. The quantitative estimate of drug-likeness (QED) is 0.00993. The maximum atomic E-state index is 13.7. The van der Waals surface area contributed by atoms with Gasteiger partial charge in [-0.25, -0.2) is 14.6 Å². The van der Waals surface area contributed by atoms with E-state index < -0.39 is 41.6 Å². The number of azide groups is 1. The number of pyridine rings is 2. The molecular formula is C65H94N10O19. The van der Waals surface area contributed by atoms with Crippen LogP contribution in [0.5, 0.6) is 5.75 Å². The molecule has 0 radical (unpaired) electrons. The Morgan fingerprint density at radius 1 is 0.745 bits per heavy atom. The van der Waals surface area contributed by atoms with Gasteiger partial charge in [0.15, 0.2) is 5.60 Å². The van der Waals surface area contributed by atoms with Crippen LogP contribution >= 0.6 is 0 Å².